The zero-order valence-electron chi connectivity index (χ0n) is 15.9. The van der Waals surface area contributed by atoms with Crippen molar-refractivity contribution in [1.29, 1.82) is 0 Å². The summed E-state index contributed by atoms with van der Waals surface area (Å²) in [6, 6.07) is 4.85. The lowest BCUT2D eigenvalue weighted by Crippen LogP contribution is -2.57. The molecule has 3 rings (SSSR count). The summed E-state index contributed by atoms with van der Waals surface area (Å²) in [5.74, 6) is -0.561. The number of nitrogens with zero attached hydrogens (tertiary/aromatic N) is 1. The molecular weight excluding hydrogens is 351 g/mol. The Hall–Kier alpha value is -1.99. The van der Waals surface area contributed by atoms with Gasteiger partial charge in [0.1, 0.15) is 17.6 Å². The Morgan fingerprint density at radius 2 is 2.11 bits per heavy atom. The van der Waals surface area contributed by atoms with E-state index < -0.39 is 17.6 Å². The third-order valence-electron chi connectivity index (χ3n) is 5.51. The highest BCUT2D eigenvalue weighted by Crippen LogP contribution is 2.43. The lowest BCUT2D eigenvalue weighted by molar-refractivity contribution is -0.128. The highest BCUT2D eigenvalue weighted by atomic mass is 19.1. The molecule has 2 fully saturated rings. The number of rotatable bonds is 5. The second kappa shape index (κ2) is 8.35. The van der Waals surface area contributed by atoms with Crippen LogP contribution in [0.2, 0.25) is 0 Å². The standard InChI is InChI=1S/C20H27FN2O4/c1-14-6-8-20(9-7-14)23(19(25)15-4-3-5-16(21)12-15)17(13-27-20)18(24)22-10-11-26-2/h3-5,12,14,17H,6-11,13H2,1-2H3,(H,22,24). The number of amides is 2. The molecule has 2 aliphatic rings. The van der Waals surface area contributed by atoms with Gasteiger partial charge in [0, 0.05) is 19.2 Å². The van der Waals surface area contributed by atoms with Crippen LogP contribution in [0.4, 0.5) is 4.39 Å². The van der Waals surface area contributed by atoms with Crippen molar-refractivity contribution in [2.24, 2.45) is 5.92 Å². The largest absolute Gasteiger partial charge is 0.383 e. The first-order chi connectivity index (χ1) is 13.0. The molecule has 1 unspecified atom stereocenters. The van der Waals surface area contributed by atoms with Crippen molar-refractivity contribution in [2.75, 3.05) is 26.9 Å². The summed E-state index contributed by atoms with van der Waals surface area (Å²) in [7, 11) is 1.56. The third kappa shape index (κ3) is 4.14. The number of halogens is 1. The fourth-order valence-electron chi connectivity index (χ4n) is 3.93. The molecule has 1 aliphatic carbocycles. The topological polar surface area (TPSA) is 67.9 Å². The Labute approximate surface area is 159 Å². The zero-order chi connectivity index (χ0) is 19.4. The van der Waals surface area contributed by atoms with Gasteiger partial charge < -0.3 is 14.8 Å². The van der Waals surface area contributed by atoms with Crippen LogP contribution in [0.15, 0.2) is 24.3 Å². The van der Waals surface area contributed by atoms with E-state index in [4.69, 9.17) is 9.47 Å². The maximum atomic E-state index is 13.7. The minimum Gasteiger partial charge on any atom is -0.383 e. The fraction of sp³-hybridized carbons (Fsp3) is 0.600. The highest BCUT2D eigenvalue weighted by Gasteiger charge is 2.53. The molecule has 1 heterocycles. The molecule has 148 valence electrons. The van der Waals surface area contributed by atoms with Gasteiger partial charge in [-0.3, -0.25) is 14.5 Å². The Morgan fingerprint density at radius 3 is 2.78 bits per heavy atom. The smallest absolute Gasteiger partial charge is 0.256 e. The van der Waals surface area contributed by atoms with Crippen molar-refractivity contribution in [3.05, 3.63) is 35.6 Å². The lowest BCUT2D eigenvalue weighted by atomic mass is 9.83. The molecule has 2 amide bonds. The zero-order valence-corrected chi connectivity index (χ0v) is 15.9. The molecule has 6 nitrogen and oxygen atoms in total. The van der Waals surface area contributed by atoms with Crippen molar-refractivity contribution in [2.45, 2.75) is 44.4 Å². The molecule has 1 N–H and O–H groups in total. The van der Waals surface area contributed by atoms with Gasteiger partial charge in [0.05, 0.1) is 13.2 Å². The average molecular weight is 378 g/mol. The maximum Gasteiger partial charge on any atom is 0.256 e. The number of carbonyl (C=O) groups is 2. The molecule has 1 aliphatic heterocycles. The Bertz CT molecular complexity index is 688. The van der Waals surface area contributed by atoms with E-state index in [1.165, 1.54) is 18.2 Å². The highest BCUT2D eigenvalue weighted by molar-refractivity contribution is 5.98. The van der Waals surface area contributed by atoms with Crippen LogP contribution < -0.4 is 5.32 Å². The number of hydrogen-bond acceptors (Lipinski definition) is 4. The number of benzene rings is 1. The van der Waals surface area contributed by atoms with Crippen molar-refractivity contribution in [1.82, 2.24) is 10.2 Å². The minimum atomic E-state index is -0.792. The number of methoxy groups -OCH3 is 1. The van der Waals surface area contributed by atoms with Gasteiger partial charge in [0.15, 0.2) is 0 Å². The van der Waals surface area contributed by atoms with Crippen LogP contribution in [0, 0.1) is 11.7 Å². The molecule has 1 saturated heterocycles. The first-order valence-corrected chi connectivity index (χ1v) is 9.47. The van der Waals surface area contributed by atoms with Gasteiger partial charge in [-0.2, -0.15) is 0 Å². The van der Waals surface area contributed by atoms with Crippen LogP contribution in [0.5, 0.6) is 0 Å². The summed E-state index contributed by atoms with van der Waals surface area (Å²) in [6.07, 6.45) is 3.20. The van der Waals surface area contributed by atoms with Gasteiger partial charge in [-0.15, -0.1) is 0 Å². The molecule has 1 aromatic rings. The minimum absolute atomic E-state index is 0.147. The molecule has 1 atom stereocenters. The Morgan fingerprint density at radius 1 is 1.37 bits per heavy atom. The van der Waals surface area contributed by atoms with Crippen molar-refractivity contribution >= 4 is 11.8 Å². The van der Waals surface area contributed by atoms with E-state index in [0.29, 0.717) is 31.9 Å². The third-order valence-corrected chi connectivity index (χ3v) is 5.51. The quantitative estimate of drug-likeness (QED) is 0.799. The fourth-order valence-corrected chi connectivity index (χ4v) is 3.93. The average Bonchev–Trinajstić information content (AvgIpc) is 3.03. The van der Waals surface area contributed by atoms with Crippen LogP contribution in [-0.2, 0) is 14.3 Å². The van der Waals surface area contributed by atoms with Crippen LogP contribution in [0.1, 0.15) is 43.0 Å². The summed E-state index contributed by atoms with van der Waals surface area (Å²) in [5.41, 5.74) is -0.563. The second-order valence-corrected chi connectivity index (χ2v) is 7.42. The Kier molecular flexibility index (Phi) is 6.11. The van der Waals surface area contributed by atoms with E-state index in [1.807, 2.05) is 0 Å². The van der Waals surface area contributed by atoms with Crippen LogP contribution in [-0.4, -0.2) is 55.3 Å². The number of ether oxygens (including phenoxy) is 2. The number of nitrogens with one attached hydrogen (secondary N) is 1. The van der Waals surface area contributed by atoms with E-state index in [-0.39, 0.29) is 24.0 Å². The van der Waals surface area contributed by atoms with Gasteiger partial charge >= 0.3 is 0 Å². The normalized spacial score (nSPS) is 27.7. The van der Waals surface area contributed by atoms with Crippen LogP contribution >= 0.6 is 0 Å². The summed E-state index contributed by atoms with van der Waals surface area (Å²) >= 11 is 0. The second-order valence-electron chi connectivity index (χ2n) is 7.42. The molecule has 0 radical (unpaired) electrons. The summed E-state index contributed by atoms with van der Waals surface area (Å²) in [5, 5.41) is 2.79. The number of hydrogen-bond donors (Lipinski definition) is 1. The predicted octanol–water partition coefficient (Wildman–Crippen LogP) is 2.34. The SMILES string of the molecule is COCCNC(=O)C1COC2(CCC(C)CC2)N1C(=O)c1cccc(F)c1. The summed E-state index contributed by atoms with van der Waals surface area (Å²) < 4.78 is 24.7. The van der Waals surface area contributed by atoms with E-state index >= 15 is 0 Å². The molecular formula is C20H27FN2O4. The molecule has 1 aromatic carbocycles. The van der Waals surface area contributed by atoms with E-state index in [1.54, 1.807) is 18.1 Å². The van der Waals surface area contributed by atoms with E-state index in [0.717, 1.165) is 12.8 Å². The van der Waals surface area contributed by atoms with Crippen molar-refractivity contribution < 1.29 is 23.5 Å². The molecule has 0 aromatic heterocycles. The Balaban J connectivity index is 1.87. The van der Waals surface area contributed by atoms with Gasteiger partial charge in [0.2, 0.25) is 5.91 Å². The van der Waals surface area contributed by atoms with Gasteiger partial charge in [-0.1, -0.05) is 13.0 Å². The van der Waals surface area contributed by atoms with E-state index in [9.17, 15) is 14.0 Å². The molecule has 1 spiro atoms. The first-order valence-electron chi connectivity index (χ1n) is 9.47. The lowest BCUT2D eigenvalue weighted by Gasteiger charge is -2.43. The van der Waals surface area contributed by atoms with Crippen LogP contribution in [0.3, 0.4) is 0 Å². The van der Waals surface area contributed by atoms with E-state index in [2.05, 4.69) is 12.2 Å². The van der Waals surface area contributed by atoms with Crippen molar-refractivity contribution in [3.63, 3.8) is 0 Å². The van der Waals surface area contributed by atoms with Gasteiger partial charge in [0.25, 0.3) is 5.91 Å². The van der Waals surface area contributed by atoms with Gasteiger partial charge in [-0.05, 0) is 49.8 Å². The molecule has 27 heavy (non-hydrogen) atoms. The number of carbonyl (C=O) groups excluding carboxylic acids is 2. The predicted molar refractivity (Wildman–Crippen MR) is 97.6 cm³/mol. The summed E-state index contributed by atoms with van der Waals surface area (Å²) in [6.45, 7) is 3.07. The van der Waals surface area contributed by atoms with Crippen molar-refractivity contribution in [3.8, 4) is 0 Å². The molecule has 1 saturated carbocycles. The molecule has 7 heteroatoms. The first kappa shape index (κ1) is 19.8. The summed E-state index contributed by atoms with van der Waals surface area (Å²) in [4.78, 5) is 27.5. The monoisotopic (exact) mass is 378 g/mol. The van der Waals surface area contributed by atoms with Gasteiger partial charge in [-0.25, -0.2) is 4.39 Å². The molecule has 0 bridgehead atoms. The van der Waals surface area contributed by atoms with Crippen LogP contribution in [0.25, 0.3) is 0 Å². The maximum absolute atomic E-state index is 13.7.